The minimum atomic E-state index is -0.350. The Kier molecular flexibility index (Phi) is 12.3. The number of furan rings is 1. The van der Waals surface area contributed by atoms with Crippen LogP contribution in [0.15, 0.2) is 65.1 Å². The average molecular weight is 663 g/mol. The van der Waals surface area contributed by atoms with Gasteiger partial charge in [-0.05, 0) is 78.8 Å². The Hall–Kier alpha value is -3.86. The highest BCUT2D eigenvalue weighted by Crippen LogP contribution is 2.48. The standard InChI is InChI=1S/C37H43FN2O6S/c1-4-5-6-18-45-37(42)28-9-7-25(8-10-28)24-44-21-20-43-19-17-40(47-3)32-23-33-31(22-30(32)26-11-12-26)34(36(41)39-2)35(46-33)27-13-15-29(38)16-14-27/h7-10,13-16,22-23,26H,4-6,11-12,17-21,24H2,1-3H3,(H,39,41). The molecule has 8 nitrogen and oxygen atoms in total. The Morgan fingerprint density at radius 2 is 1.72 bits per heavy atom. The lowest BCUT2D eigenvalue weighted by Crippen LogP contribution is -2.22. The molecule has 1 heterocycles. The molecule has 10 heteroatoms. The van der Waals surface area contributed by atoms with E-state index < -0.39 is 0 Å². The first-order valence-electron chi connectivity index (χ1n) is 16.2. The van der Waals surface area contributed by atoms with E-state index >= 15 is 0 Å². The van der Waals surface area contributed by atoms with Gasteiger partial charge in [-0.2, -0.15) is 0 Å². The largest absolute Gasteiger partial charge is 0.462 e. The summed E-state index contributed by atoms with van der Waals surface area (Å²) in [4.78, 5) is 25.2. The fraction of sp³-hybridized carbons (Fsp3) is 0.405. The minimum Gasteiger partial charge on any atom is -0.462 e. The predicted molar refractivity (Wildman–Crippen MR) is 185 cm³/mol. The fourth-order valence-electron chi connectivity index (χ4n) is 5.45. The van der Waals surface area contributed by atoms with Crippen molar-refractivity contribution in [3.63, 3.8) is 0 Å². The highest BCUT2D eigenvalue weighted by Gasteiger charge is 2.31. The van der Waals surface area contributed by atoms with E-state index in [9.17, 15) is 14.0 Å². The molecule has 250 valence electrons. The van der Waals surface area contributed by atoms with Crippen LogP contribution in [0.25, 0.3) is 22.3 Å². The molecule has 47 heavy (non-hydrogen) atoms. The van der Waals surface area contributed by atoms with Crippen LogP contribution in [0, 0.1) is 5.82 Å². The number of anilines is 1. The van der Waals surface area contributed by atoms with Crippen molar-refractivity contribution in [1.29, 1.82) is 0 Å². The summed E-state index contributed by atoms with van der Waals surface area (Å²) in [6.45, 7) is 5.04. The van der Waals surface area contributed by atoms with E-state index in [-0.39, 0.29) is 17.7 Å². The Bertz CT molecular complexity index is 1640. The molecule has 1 N–H and O–H groups in total. The molecule has 3 aromatic carbocycles. The van der Waals surface area contributed by atoms with E-state index in [0.29, 0.717) is 73.5 Å². The maximum Gasteiger partial charge on any atom is 0.338 e. The van der Waals surface area contributed by atoms with E-state index in [4.69, 9.17) is 18.6 Å². The van der Waals surface area contributed by atoms with E-state index in [0.717, 1.165) is 48.7 Å². The first-order valence-corrected chi connectivity index (χ1v) is 17.4. The molecule has 0 bridgehead atoms. The summed E-state index contributed by atoms with van der Waals surface area (Å²) in [5, 5.41) is 3.49. The second kappa shape index (κ2) is 16.8. The van der Waals surface area contributed by atoms with Crippen molar-refractivity contribution in [2.75, 3.05) is 50.6 Å². The van der Waals surface area contributed by atoms with Gasteiger partial charge in [-0.25, -0.2) is 9.18 Å². The molecule has 0 saturated heterocycles. The van der Waals surface area contributed by atoms with Gasteiger partial charge in [0.2, 0.25) is 0 Å². The van der Waals surface area contributed by atoms with Gasteiger partial charge in [-0.3, -0.25) is 4.79 Å². The van der Waals surface area contributed by atoms with Crippen molar-refractivity contribution in [2.45, 2.75) is 51.6 Å². The first-order chi connectivity index (χ1) is 22.9. The quantitative estimate of drug-likeness (QED) is 0.0649. The molecular formula is C37H43FN2O6S. The number of hydrogen-bond acceptors (Lipinski definition) is 8. The number of unbranched alkanes of at least 4 members (excludes halogenated alkanes) is 2. The molecule has 0 spiro atoms. The third-order valence-electron chi connectivity index (χ3n) is 8.15. The molecule has 1 saturated carbocycles. The molecule has 0 radical (unpaired) electrons. The van der Waals surface area contributed by atoms with Crippen molar-refractivity contribution >= 4 is 40.5 Å². The molecule has 0 unspecified atom stereocenters. The van der Waals surface area contributed by atoms with Crippen LogP contribution in [0.2, 0.25) is 0 Å². The highest BCUT2D eigenvalue weighted by molar-refractivity contribution is 7.99. The van der Waals surface area contributed by atoms with Gasteiger partial charge in [0.15, 0.2) is 0 Å². The van der Waals surface area contributed by atoms with E-state index in [1.807, 2.05) is 24.5 Å². The van der Waals surface area contributed by atoms with Gasteiger partial charge in [0.05, 0.1) is 56.4 Å². The van der Waals surface area contributed by atoms with Crippen molar-refractivity contribution < 1.29 is 32.6 Å². The number of fused-ring (bicyclic) bond motifs is 1. The van der Waals surface area contributed by atoms with Gasteiger partial charge in [0, 0.05) is 30.3 Å². The number of rotatable bonds is 18. The summed E-state index contributed by atoms with van der Waals surface area (Å²) in [5.74, 6) is -0.0426. The molecular weight excluding hydrogens is 619 g/mol. The number of hydrogen-bond donors (Lipinski definition) is 1. The average Bonchev–Trinajstić information content (AvgIpc) is 3.88. The van der Waals surface area contributed by atoms with Gasteiger partial charge in [0.1, 0.15) is 17.2 Å². The maximum absolute atomic E-state index is 13.7. The fourth-order valence-corrected chi connectivity index (χ4v) is 6.06. The number of esters is 1. The number of ether oxygens (including phenoxy) is 3. The highest BCUT2D eigenvalue weighted by atomic mass is 32.2. The molecule has 1 amide bonds. The van der Waals surface area contributed by atoms with Crippen molar-refractivity contribution in [2.24, 2.45) is 0 Å². The number of carbonyl (C=O) groups excluding carboxylic acids is 2. The molecule has 5 rings (SSSR count). The monoisotopic (exact) mass is 662 g/mol. The van der Waals surface area contributed by atoms with Crippen LogP contribution in [-0.4, -0.2) is 58.2 Å². The third kappa shape index (κ3) is 8.94. The van der Waals surface area contributed by atoms with Crippen LogP contribution in [0.4, 0.5) is 10.1 Å². The van der Waals surface area contributed by atoms with Crippen LogP contribution in [0.5, 0.6) is 0 Å². The lowest BCUT2D eigenvalue weighted by atomic mass is 10.0. The topological polar surface area (TPSA) is 90.2 Å². The van der Waals surface area contributed by atoms with E-state index in [1.165, 1.54) is 17.7 Å². The Morgan fingerprint density at radius 1 is 0.979 bits per heavy atom. The van der Waals surface area contributed by atoms with E-state index in [2.05, 4.69) is 22.6 Å². The number of halogens is 1. The Balaban J connectivity index is 1.16. The zero-order chi connectivity index (χ0) is 33.2. The van der Waals surface area contributed by atoms with Gasteiger partial charge in [-0.1, -0.05) is 43.8 Å². The molecule has 0 aliphatic heterocycles. The smallest absolute Gasteiger partial charge is 0.338 e. The summed E-state index contributed by atoms with van der Waals surface area (Å²) in [5.41, 5.74) is 5.45. The van der Waals surface area contributed by atoms with Crippen LogP contribution >= 0.6 is 11.9 Å². The van der Waals surface area contributed by atoms with Crippen molar-refractivity contribution in [3.05, 3.63) is 88.7 Å². The van der Waals surface area contributed by atoms with Crippen LogP contribution < -0.4 is 9.62 Å². The van der Waals surface area contributed by atoms with Crippen molar-refractivity contribution in [1.82, 2.24) is 5.32 Å². The number of nitrogens with zero attached hydrogens (tertiary/aromatic N) is 1. The summed E-state index contributed by atoms with van der Waals surface area (Å²) >= 11 is 1.61. The summed E-state index contributed by atoms with van der Waals surface area (Å²) in [7, 11) is 1.60. The Morgan fingerprint density at radius 3 is 2.40 bits per heavy atom. The normalized spacial score (nSPS) is 12.8. The molecule has 1 fully saturated rings. The molecule has 1 aliphatic carbocycles. The zero-order valence-electron chi connectivity index (χ0n) is 27.3. The zero-order valence-corrected chi connectivity index (χ0v) is 28.1. The second-order valence-electron chi connectivity index (χ2n) is 11.6. The number of amides is 1. The van der Waals surface area contributed by atoms with Gasteiger partial charge in [0.25, 0.3) is 5.91 Å². The second-order valence-corrected chi connectivity index (χ2v) is 12.4. The van der Waals surface area contributed by atoms with Crippen molar-refractivity contribution in [3.8, 4) is 11.3 Å². The SMILES string of the molecule is CCCCCOC(=O)c1ccc(COCCOCCN(SC)c2cc3oc(-c4ccc(F)cc4)c(C(=O)NC)c3cc2C2CC2)cc1. The lowest BCUT2D eigenvalue weighted by molar-refractivity contribution is 0.0435. The minimum absolute atomic E-state index is 0.246. The van der Waals surface area contributed by atoms with Gasteiger partial charge < -0.3 is 28.2 Å². The van der Waals surface area contributed by atoms with Gasteiger partial charge in [-0.15, -0.1) is 0 Å². The lowest BCUT2D eigenvalue weighted by Gasteiger charge is -2.24. The van der Waals surface area contributed by atoms with Crippen LogP contribution in [-0.2, 0) is 20.8 Å². The summed E-state index contributed by atoms with van der Waals surface area (Å²) < 4.78 is 39.2. The molecule has 4 aromatic rings. The summed E-state index contributed by atoms with van der Waals surface area (Å²) in [6.07, 6.45) is 7.25. The first kappa shape index (κ1) is 34.5. The number of carbonyl (C=O) groups is 2. The maximum atomic E-state index is 13.7. The molecule has 1 aromatic heterocycles. The third-order valence-corrected chi connectivity index (χ3v) is 8.97. The number of benzene rings is 3. The van der Waals surface area contributed by atoms with Gasteiger partial charge >= 0.3 is 5.97 Å². The Labute approximate surface area is 280 Å². The van der Waals surface area contributed by atoms with Crippen LogP contribution in [0.3, 0.4) is 0 Å². The summed E-state index contributed by atoms with van der Waals surface area (Å²) in [6, 6.07) is 17.4. The molecule has 1 aliphatic rings. The van der Waals surface area contributed by atoms with E-state index in [1.54, 1.807) is 43.3 Å². The predicted octanol–water partition coefficient (Wildman–Crippen LogP) is 8.14. The molecule has 0 atom stereocenters. The number of nitrogens with one attached hydrogen (secondary N) is 1. The van der Waals surface area contributed by atoms with Crippen LogP contribution in [0.1, 0.15) is 76.8 Å².